The number of phenolic OH excluding ortho intramolecular Hbond substituents is 1. The van der Waals surface area contributed by atoms with Crippen LogP contribution in [0.5, 0.6) is 11.5 Å². The van der Waals surface area contributed by atoms with Crippen molar-refractivity contribution in [3.05, 3.63) is 89.0 Å². The topological polar surface area (TPSA) is 32.7 Å². The molecule has 1 unspecified atom stereocenters. The van der Waals surface area contributed by atoms with Crippen molar-refractivity contribution in [2.45, 2.75) is 25.8 Å². The summed E-state index contributed by atoms with van der Waals surface area (Å²) in [5.41, 5.74) is 5.88. The minimum atomic E-state index is -0.331. The minimum absolute atomic E-state index is 0.287. The van der Waals surface area contributed by atoms with E-state index in [0.717, 1.165) is 24.3 Å². The average molecular weight is 359 g/mol. The lowest BCUT2D eigenvalue weighted by molar-refractivity contribution is 0.411. The molecule has 0 bridgehead atoms. The van der Waals surface area contributed by atoms with E-state index < -0.39 is 0 Å². The van der Waals surface area contributed by atoms with Crippen LogP contribution in [-0.2, 0) is 12.0 Å². The monoisotopic (exact) mass is 359 g/mol. The van der Waals surface area contributed by atoms with Gasteiger partial charge in [0.15, 0.2) is 0 Å². The van der Waals surface area contributed by atoms with Crippen molar-refractivity contribution >= 4 is 5.69 Å². The SMILES string of the molecule is COc1ccc2c(c1)CCN(c1ccc(C)cc1)C2(C)c1ccc(O)cc1. The summed E-state index contributed by atoms with van der Waals surface area (Å²) in [6, 6.07) is 22.7. The van der Waals surface area contributed by atoms with E-state index in [9.17, 15) is 5.11 Å². The molecule has 3 aromatic carbocycles. The van der Waals surface area contributed by atoms with Crippen LogP contribution in [0.15, 0.2) is 66.7 Å². The maximum atomic E-state index is 9.79. The van der Waals surface area contributed by atoms with Gasteiger partial charge in [-0.15, -0.1) is 0 Å². The fourth-order valence-electron chi connectivity index (χ4n) is 4.19. The van der Waals surface area contributed by atoms with E-state index in [4.69, 9.17) is 4.74 Å². The largest absolute Gasteiger partial charge is 0.508 e. The predicted molar refractivity (Wildman–Crippen MR) is 110 cm³/mol. The van der Waals surface area contributed by atoms with E-state index in [1.54, 1.807) is 19.2 Å². The molecule has 0 fully saturated rings. The van der Waals surface area contributed by atoms with Crippen LogP contribution in [0.1, 0.15) is 29.2 Å². The zero-order valence-electron chi connectivity index (χ0n) is 16.1. The van der Waals surface area contributed by atoms with Crippen molar-refractivity contribution in [2.24, 2.45) is 0 Å². The van der Waals surface area contributed by atoms with Crippen molar-refractivity contribution in [1.29, 1.82) is 0 Å². The predicted octanol–water partition coefficient (Wildman–Crippen LogP) is 5.04. The quantitative estimate of drug-likeness (QED) is 0.711. The summed E-state index contributed by atoms with van der Waals surface area (Å²) < 4.78 is 5.45. The third-order valence-electron chi connectivity index (χ3n) is 5.76. The minimum Gasteiger partial charge on any atom is -0.508 e. The number of fused-ring (bicyclic) bond motifs is 1. The van der Waals surface area contributed by atoms with Gasteiger partial charge in [-0.3, -0.25) is 0 Å². The number of aryl methyl sites for hydroxylation is 1. The third kappa shape index (κ3) is 2.93. The van der Waals surface area contributed by atoms with Crippen molar-refractivity contribution < 1.29 is 9.84 Å². The molecule has 0 amide bonds. The van der Waals surface area contributed by atoms with Crippen LogP contribution >= 0.6 is 0 Å². The Morgan fingerprint density at radius 2 is 1.67 bits per heavy atom. The lowest BCUT2D eigenvalue weighted by Gasteiger charge is -2.48. The first-order valence-corrected chi connectivity index (χ1v) is 9.33. The third-order valence-corrected chi connectivity index (χ3v) is 5.76. The van der Waals surface area contributed by atoms with Gasteiger partial charge in [0.1, 0.15) is 11.5 Å². The van der Waals surface area contributed by atoms with Gasteiger partial charge in [-0.25, -0.2) is 0 Å². The number of phenols is 1. The number of rotatable bonds is 3. The van der Waals surface area contributed by atoms with Crippen LogP contribution < -0.4 is 9.64 Å². The summed E-state index contributed by atoms with van der Waals surface area (Å²) in [7, 11) is 1.71. The van der Waals surface area contributed by atoms with Crippen molar-refractivity contribution in [2.75, 3.05) is 18.6 Å². The Morgan fingerprint density at radius 3 is 2.33 bits per heavy atom. The highest BCUT2D eigenvalue weighted by molar-refractivity contribution is 5.61. The van der Waals surface area contributed by atoms with Crippen LogP contribution in [-0.4, -0.2) is 18.8 Å². The molecular formula is C24H25NO2. The van der Waals surface area contributed by atoms with Crippen molar-refractivity contribution in [3.63, 3.8) is 0 Å². The van der Waals surface area contributed by atoms with Gasteiger partial charge < -0.3 is 14.7 Å². The second kappa shape index (κ2) is 6.66. The Balaban J connectivity index is 1.91. The maximum absolute atomic E-state index is 9.79. The van der Waals surface area contributed by atoms with Crippen LogP contribution in [0.2, 0.25) is 0 Å². The fraction of sp³-hybridized carbons (Fsp3) is 0.250. The lowest BCUT2D eigenvalue weighted by atomic mass is 9.76. The molecule has 3 aromatic rings. The molecule has 0 aliphatic carbocycles. The van der Waals surface area contributed by atoms with E-state index in [2.05, 4.69) is 55.1 Å². The molecule has 0 aromatic heterocycles. The second-order valence-electron chi connectivity index (χ2n) is 7.38. The Morgan fingerprint density at radius 1 is 0.963 bits per heavy atom. The van der Waals surface area contributed by atoms with Crippen LogP contribution in [0.3, 0.4) is 0 Å². The Kier molecular flexibility index (Phi) is 4.31. The highest BCUT2D eigenvalue weighted by Crippen LogP contribution is 2.44. The molecule has 0 radical (unpaired) electrons. The number of benzene rings is 3. The van der Waals surface area contributed by atoms with Gasteiger partial charge in [0, 0.05) is 12.2 Å². The Labute approximate surface area is 160 Å². The molecule has 1 heterocycles. The van der Waals surface area contributed by atoms with E-state index >= 15 is 0 Å². The van der Waals surface area contributed by atoms with E-state index in [-0.39, 0.29) is 11.3 Å². The van der Waals surface area contributed by atoms with Gasteiger partial charge >= 0.3 is 0 Å². The van der Waals surface area contributed by atoms with Gasteiger partial charge in [-0.05, 0) is 73.4 Å². The first kappa shape index (κ1) is 17.5. The zero-order chi connectivity index (χ0) is 19.0. The molecule has 4 rings (SSSR count). The molecule has 1 aliphatic heterocycles. The van der Waals surface area contributed by atoms with E-state index in [1.165, 1.54) is 22.4 Å². The summed E-state index contributed by atoms with van der Waals surface area (Å²) in [5.74, 6) is 1.18. The molecule has 0 saturated carbocycles. The first-order valence-electron chi connectivity index (χ1n) is 9.33. The van der Waals surface area contributed by atoms with E-state index in [0.29, 0.717) is 0 Å². The maximum Gasteiger partial charge on any atom is 0.119 e. The molecule has 3 nitrogen and oxygen atoms in total. The highest BCUT2D eigenvalue weighted by Gasteiger charge is 2.40. The fourth-order valence-corrected chi connectivity index (χ4v) is 4.19. The number of aromatic hydroxyl groups is 1. The molecule has 1 aliphatic rings. The Bertz CT molecular complexity index is 947. The molecule has 0 spiro atoms. The summed E-state index contributed by atoms with van der Waals surface area (Å²) in [5, 5.41) is 9.79. The number of ether oxygens (including phenoxy) is 1. The number of anilines is 1. The molecule has 1 N–H and O–H groups in total. The van der Waals surface area contributed by atoms with Gasteiger partial charge in [0.25, 0.3) is 0 Å². The molecule has 0 saturated heterocycles. The van der Waals surface area contributed by atoms with Gasteiger partial charge in [-0.2, -0.15) is 0 Å². The summed E-state index contributed by atoms with van der Waals surface area (Å²) >= 11 is 0. The number of methoxy groups -OCH3 is 1. The smallest absolute Gasteiger partial charge is 0.119 e. The first-order chi connectivity index (χ1) is 13.0. The molecule has 27 heavy (non-hydrogen) atoms. The molecule has 3 heteroatoms. The summed E-state index contributed by atoms with van der Waals surface area (Å²) in [6.07, 6.45) is 0.966. The average Bonchev–Trinajstić information content (AvgIpc) is 2.69. The highest BCUT2D eigenvalue weighted by atomic mass is 16.5. The summed E-state index contributed by atoms with van der Waals surface area (Å²) in [4.78, 5) is 2.47. The van der Waals surface area contributed by atoms with Crippen LogP contribution in [0.4, 0.5) is 5.69 Å². The van der Waals surface area contributed by atoms with Crippen molar-refractivity contribution in [3.8, 4) is 11.5 Å². The second-order valence-corrected chi connectivity index (χ2v) is 7.38. The van der Waals surface area contributed by atoms with Crippen LogP contribution in [0, 0.1) is 6.92 Å². The molecular weight excluding hydrogens is 334 g/mol. The number of nitrogens with zero attached hydrogens (tertiary/aromatic N) is 1. The molecule has 138 valence electrons. The standard InChI is InChI=1S/C24H25NO2/c1-17-4-8-20(9-5-17)25-15-14-18-16-22(27-3)12-13-23(18)24(25,2)19-6-10-21(26)11-7-19/h4-13,16,26H,14-15H2,1-3H3. The number of hydrogen-bond donors (Lipinski definition) is 1. The van der Waals surface area contributed by atoms with E-state index in [1.807, 2.05) is 18.2 Å². The number of hydrogen-bond acceptors (Lipinski definition) is 3. The van der Waals surface area contributed by atoms with Gasteiger partial charge in [0.05, 0.1) is 12.6 Å². The van der Waals surface area contributed by atoms with Gasteiger partial charge in [-0.1, -0.05) is 35.9 Å². The summed E-state index contributed by atoms with van der Waals surface area (Å²) in [6.45, 7) is 5.30. The van der Waals surface area contributed by atoms with Crippen LogP contribution in [0.25, 0.3) is 0 Å². The normalized spacial score (nSPS) is 18.9. The van der Waals surface area contributed by atoms with Gasteiger partial charge in [0.2, 0.25) is 0 Å². The lowest BCUT2D eigenvalue weighted by Crippen LogP contribution is -2.49. The molecule has 1 atom stereocenters. The Hall–Kier alpha value is -2.94. The van der Waals surface area contributed by atoms with Crippen molar-refractivity contribution in [1.82, 2.24) is 0 Å². The zero-order valence-corrected chi connectivity index (χ0v) is 16.1.